The van der Waals surface area contributed by atoms with Gasteiger partial charge >= 0.3 is 5.97 Å². The number of methoxy groups -OCH3 is 1. The number of hydrogen-bond acceptors (Lipinski definition) is 5. The number of sulfonamides is 1. The van der Waals surface area contributed by atoms with Crippen LogP contribution in [0.25, 0.3) is 10.9 Å². The number of piperidine rings is 1. The van der Waals surface area contributed by atoms with Gasteiger partial charge in [-0.3, -0.25) is 4.79 Å². The van der Waals surface area contributed by atoms with Crippen molar-refractivity contribution in [1.29, 1.82) is 0 Å². The number of nitrogens with one attached hydrogen (secondary N) is 1. The molecule has 1 saturated heterocycles. The third-order valence-corrected chi connectivity index (χ3v) is 8.25. The lowest BCUT2D eigenvalue weighted by molar-refractivity contribution is -0.126. The molecule has 0 atom stereocenters. The largest absolute Gasteiger partial charge is 0.465 e. The predicted octanol–water partition coefficient (Wildman–Crippen LogP) is 3.04. The third kappa shape index (κ3) is 5.00. The van der Waals surface area contributed by atoms with Crippen LogP contribution in [0.5, 0.6) is 0 Å². The van der Waals surface area contributed by atoms with Gasteiger partial charge in [0.2, 0.25) is 15.9 Å². The van der Waals surface area contributed by atoms with E-state index in [1.807, 2.05) is 12.1 Å². The van der Waals surface area contributed by atoms with Gasteiger partial charge in [-0.05, 0) is 48.9 Å². The highest BCUT2D eigenvalue weighted by atomic mass is 32.2. The number of nitrogens with zero attached hydrogens (tertiary/aromatic N) is 2. The summed E-state index contributed by atoms with van der Waals surface area (Å²) in [6.07, 6.45) is 3.74. The molecule has 1 aliphatic heterocycles. The van der Waals surface area contributed by atoms with Crippen molar-refractivity contribution < 1.29 is 22.7 Å². The molecule has 0 unspecified atom stereocenters. The summed E-state index contributed by atoms with van der Waals surface area (Å²) in [4.78, 5) is 24.6. The minimum Gasteiger partial charge on any atom is -0.465 e. The van der Waals surface area contributed by atoms with E-state index >= 15 is 0 Å². The van der Waals surface area contributed by atoms with Crippen LogP contribution in [-0.4, -0.2) is 55.9 Å². The molecule has 0 bridgehead atoms. The van der Waals surface area contributed by atoms with Crippen LogP contribution in [0.4, 0.5) is 0 Å². The molecule has 0 spiro atoms. The van der Waals surface area contributed by atoms with Crippen molar-refractivity contribution in [2.75, 3.05) is 26.7 Å². The number of esters is 1. The molecule has 0 aliphatic carbocycles. The fourth-order valence-corrected chi connectivity index (χ4v) is 6.06. The lowest BCUT2D eigenvalue weighted by Gasteiger charge is -2.31. The normalized spacial score (nSPS) is 15.3. The van der Waals surface area contributed by atoms with E-state index in [4.69, 9.17) is 4.74 Å². The van der Waals surface area contributed by atoms with Crippen molar-refractivity contribution >= 4 is 32.8 Å². The lowest BCUT2D eigenvalue weighted by Crippen LogP contribution is -2.43. The SMILES string of the molecule is COC(=O)c1ccccc1S(=O)(=O)N1CCC(C(=O)NCCCn2ccc3ccccc32)CC1. The van der Waals surface area contributed by atoms with E-state index in [1.54, 1.807) is 12.1 Å². The van der Waals surface area contributed by atoms with E-state index in [2.05, 4.69) is 34.3 Å². The first-order chi connectivity index (χ1) is 16.4. The zero-order valence-electron chi connectivity index (χ0n) is 19.1. The number of ether oxygens (including phenoxy) is 1. The number of aryl methyl sites for hydroxylation is 1. The van der Waals surface area contributed by atoms with Crippen LogP contribution in [0, 0.1) is 5.92 Å². The Balaban J connectivity index is 1.28. The molecule has 2 aromatic carbocycles. The van der Waals surface area contributed by atoms with Crippen molar-refractivity contribution in [2.45, 2.75) is 30.7 Å². The molecule has 1 amide bonds. The highest BCUT2D eigenvalue weighted by Crippen LogP contribution is 2.26. The molecular weight excluding hydrogens is 454 g/mol. The Labute approximate surface area is 199 Å². The van der Waals surface area contributed by atoms with Gasteiger partial charge in [0.15, 0.2) is 0 Å². The summed E-state index contributed by atoms with van der Waals surface area (Å²) < 4.78 is 34.5. The van der Waals surface area contributed by atoms with Gasteiger partial charge in [-0.15, -0.1) is 0 Å². The van der Waals surface area contributed by atoms with Crippen molar-refractivity contribution in [1.82, 2.24) is 14.2 Å². The predicted molar refractivity (Wildman–Crippen MR) is 129 cm³/mol. The molecule has 0 radical (unpaired) electrons. The summed E-state index contributed by atoms with van der Waals surface area (Å²) >= 11 is 0. The number of benzene rings is 2. The van der Waals surface area contributed by atoms with Gasteiger partial charge in [-0.2, -0.15) is 4.31 Å². The summed E-state index contributed by atoms with van der Waals surface area (Å²) in [5.74, 6) is -0.958. The molecule has 2 heterocycles. The summed E-state index contributed by atoms with van der Waals surface area (Å²) in [5, 5.41) is 4.20. The zero-order valence-corrected chi connectivity index (χ0v) is 20.0. The monoisotopic (exact) mass is 483 g/mol. The van der Waals surface area contributed by atoms with Gasteiger partial charge in [0, 0.05) is 43.8 Å². The molecule has 180 valence electrons. The Kier molecular flexibility index (Phi) is 7.33. The molecule has 4 rings (SSSR count). The molecule has 1 aliphatic rings. The molecule has 8 nitrogen and oxygen atoms in total. The third-order valence-electron chi connectivity index (χ3n) is 6.29. The summed E-state index contributed by atoms with van der Waals surface area (Å²) in [6.45, 7) is 1.83. The van der Waals surface area contributed by atoms with Crippen molar-refractivity contribution in [3.63, 3.8) is 0 Å². The Bertz CT molecular complexity index is 1280. The van der Waals surface area contributed by atoms with Crippen LogP contribution in [0.15, 0.2) is 65.7 Å². The summed E-state index contributed by atoms with van der Waals surface area (Å²) in [5.41, 5.74) is 1.19. The van der Waals surface area contributed by atoms with Crippen LogP contribution in [0.1, 0.15) is 29.6 Å². The number of amides is 1. The minimum absolute atomic E-state index is 0.0142. The van der Waals surface area contributed by atoms with Crippen LogP contribution in [0.2, 0.25) is 0 Å². The van der Waals surface area contributed by atoms with Crippen molar-refractivity contribution in [2.24, 2.45) is 5.92 Å². The minimum atomic E-state index is -3.86. The second kappa shape index (κ2) is 10.4. The first kappa shape index (κ1) is 24.0. The number of para-hydroxylation sites is 1. The van der Waals surface area contributed by atoms with E-state index in [0.29, 0.717) is 19.4 Å². The molecule has 1 fully saturated rings. The maximum absolute atomic E-state index is 13.1. The van der Waals surface area contributed by atoms with Gasteiger partial charge < -0.3 is 14.6 Å². The smallest absolute Gasteiger partial charge is 0.339 e. The first-order valence-electron chi connectivity index (χ1n) is 11.4. The number of carbonyl (C=O) groups is 2. The fraction of sp³-hybridized carbons (Fsp3) is 0.360. The Morgan fingerprint density at radius 3 is 2.50 bits per heavy atom. The van der Waals surface area contributed by atoms with Gasteiger partial charge in [0.05, 0.1) is 17.6 Å². The highest BCUT2D eigenvalue weighted by Gasteiger charge is 2.34. The molecule has 34 heavy (non-hydrogen) atoms. The van der Waals surface area contributed by atoms with Crippen LogP contribution < -0.4 is 5.32 Å². The number of rotatable bonds is 8. The lowest BCUT2D eigenvalue weighted by atomic mass is 9.97. The maximum Gasteiger partial charge on any atom is 0.339 e. The van der Waals surface area contributed by atoms with E-state index in [9.17, 15) is 18.0 Å². The van der Waals surface area contributed by atoms with E-state index < -0.39 is 16.0 Å². The van der Waals surface area contributed by atoms with Crippen molar-refractivity contribution in [3.8, 4) is 0 Å². The molecule has 3 aromatic rings. The molecule has 1 aromatic heterocycles. The fourth-order valence-electron chi connectivity index (χ4n) is 4.41. The van der Waals surface area contributed by atoms with Crippen LogP contribution in [0.3, 0.4) is 0 Å². The second-order valence-corrected chi connectivity index (χ2v) is 10.3. The number of aromatic nitrogens is 1. The highest BCUT2D eigenvalue weighted by molar-refractivity contribution is 7.89. The quantitative estimate of drug-likeness (QED) is 0.392. The first-order valence-corrected chi connectivity index (χ1v) is 12.8. The van der Waals surface area contributed by atoms with Gasteiger partial charge in [0.1, 0.15) is 0 Å². The van der Waals surface area contributed by atoms with Crippen molar-refractivity contribution in [3.05, 3.63) is 66.4 Å². The zero-order chi connectivity index (χ0) is 24.1. The molecular formula is C25H29N3O5S. The summed E-state index contributed by atoms with van der Waals surface area (Å²) in [6, 6.07) is 16.3. The van der Waals surface area contributed by atoms with E-state index in [0.717, 1.165) is 13.0 Å². The van der Waals surface area contributed by atoms with Gasteiger partial charge in [-0.1, -0.05) is 30.3 Å². The van der Waals surface area contributed by atoms with Gasteiger partial charge in [0.25, 0.3) is 0 Å². The number of carbonyl (C=O) groups excluding carboxylic acids is 2. The average Bonchev–Trinajstić information content (AvgIpc) is 3.29. The Morgan fingerprint density at radius 2 is 1.74 bits per heavy atom. The second-order valence-electron chi connectivity index (χ2n) is 8.38. The van der Waals surface area contributed by atoms with Gasteiger partial charge in [-0.25, -0.2) is 13.2 Å². The summed E-state index contributed by atoms with van der Waals surface area (Å²) in [7, 11) is -2.64. The maximum atomic E-state index is 13.1. The van der Waals surface area contributed by atoms with E-state index in [-0.39, 0.29) is 35.4 Å². The average molecular weight is 484 g/mol. The Morgan fingerprint density at radius 1 is 1.03 bits per heavy atom. The van der Waals surface area contributed by atoms with Crippen LogP contribution >= 0.6 is 0 Å². The topological polar surface area (TPSA) is 97.7 Å². The standard InChI is InChI=1S/C25H29N3O5S/c1-33-25(30)21-8-3-5-10-23(21)34(31,32)28-17-12-20(13-18-28)24(29)26-14-6-15-27-16-11-19-7-2-4-9-22(19)27/h2-5,7-11,16,20H,6,12-15,17-18H2,1H3,(H,26,29). The molecule has 0 saturated carbocycles. The van der Waals surface area contributed by atoms with E-state index in [1.165, 1.54) is 34.5 Å². The Hall–Kier alpha value is -3.17. The number of hydrogen-bond donors (Lipinski definition) is 1. The van der Waals surface area contributed by atoms with Crippen LogP contribution in [-0.2, 0) is 26.1 Å². The molecule has 9 heteroatoms. The molecule has 1 N–H and O–H groups in total. The number of fused-ring (bicyclic) bond motifs is 1.